The summed E-state index contributed by atoms with van der Waals surface area (Å²) in [5.74, 6) is 0.663. The van der Waals surface area contributed by atoms with E-state index in [1.807, 2.05) is 19.0 Å². The van der Waals surface area contributed by atoms with Crippen LogP contribution in [0.25, 0.3) is 0 Å². The van der Waals surface area contributed by atoms with E-state index in [1.54, 1.807) is 0 Å². The molecule has 0 aliphatic heterocycles. The van der Waals surface area contributed by atoms with Crippen LogP contribution in [0.15, 0.2) is 0 Å². The van der Waals surface area contributed by atoms with Gasteiger partial charge in [0.15, 0.2) is 5.11 Å². The minimum Gasteiger partial charge on any atom is -0.366 e. The summed E-state index contributed by atoms with van der Waals surface area (Å²) in [6.45, 7) is 5.36. The molecule has 0 aliphatic carbocycles. The largest absolute Gasteiger partial charge is 0.366 e. The third-order valence-corrected chi connectivity index (χ3v) is 1.72. The SMILES string of the molecule is CNC(=S)N(C)CC(C)C. The van der Waals surface area contributed by atoms with Crippen LogP contribution < -0.4 is 5.32 Å². The Kier molecular flexibility index (Phi) is 4.36. The third-order valence-electron chi connectivity index (χ3n) is 1.20. The van der Waals surface area contributed by atoms with Gasteiger partial charge in [-0.1, -0.05) is 13.8 Å². The molecule has 60 valence electrons. The third kappa shape index (κ3) is 3.67. The average Bonchev–Trinajstić information content (AvgIpc) is 1.85. The maximum Gasteiger partial charge on any atom is 0.168 e. The van der Waals surface area contributed by atoms with Crippen molar-refractivity contribution in [1.29, 1.82) is 0 Å². The molecular weight excluding hydrogens is 144 g/mol. The summed E-state index contributed by atoms with van der Waals surface area (Å²) in [4.78, 5) is 2.04. The standard InChI is InChI=1S/C7H16N2S/c1-6(2)5-9(4)7(10)8-3/h6H,5H2,1-4H3,(H,8,10). The number of nitrogens with one attached hydrogen (secondary N) is 1. The van der Waals surface area contributed by atoms with Crippen LogP contribution in [0.4, 0.5) is 0 Å². The molecule has 0 fully saturated rings. The quantitative estimate of drug-likeness (QED) is 0.609. The van der Waals surface area contributed by atoms with E-state index in [-0.39, 0.29) is 0 Å². The number of hydrogen-bond donors (Lipinski definition) is 1. The summed E-state index contributed by atoms with van der Waals surface area (Å²) in [5.41, 5.74) is 0. The molecule has 0 spiro atoms. The highest BCUT2D eigenvalue weighted by atomic mass is 32.1. The van der Waals surface area contributed by atoms with Gasteiger partial charge in [-0.25, -0.2) is 0 Å². The van der Waals surface area contributed by atoms with E-state index in [0.717, 1.165) is 11.7 Å². The van der Waals surface area contributed by atoms with Crippen LogP contribution in [0.1, 0.15) is 13.8 Å². The predicted octanol–water partition coefficient (Wildman–Crippen LogP) is 1.08. The fourth-order valence-corrected chi connectivity index (χ4v) is 0.896. The van der Waals surface area contributed by atoms with Gasteiger partial charge in [-0.3, -0.25) is 0 Å². The van der Waals surface area contributed by atoms with Gasteiger partial charge in [0.05, 0.1) is 0 Å². The fourth-order valence-electron chi connectivity index (χ4n) is 0.821. The van der Waals surface area contributed by atoms with E-state index >= 15 is 0 Å². The van der Waals surface area contributed by atoms with Crippen molar-refractivity contribution in [3.05, 3.63) is 0 Å². The molecule has 0 aromatic heterocycles. The molecule has 0 unspecified atom stereocenters. The second-order valence-electron chi connectivity index (χ2n) is 2.83. The van der Waals surface area contributed by atoms with Gasteiger partial charge in [0.2, 0.25) is 0 Å². The van der Waals surface area contributed by atoms with Crippen LogP contribution in [0.2, 0.25) is 0 Å². The number of nitrogens with zero attached hydrogens (tertiary/aromatic N) is 1. The van der Waals surface area contributed by atoms with Crippen LogP contribution in [-0.2, 0) is 0 Å². The first-order chi connectivity index (χ1) is 4.57. The van der Waals surface area contributed by atoms with Crippen LogP contribution in [-0.4, -0.2) is 30.7 Å². The number of rotatable bonds is 2. The lowest BCUT2D eigenvalue weighted by molar-refractivity contribution is 0.422. The summed E-state index contributed by atoms with van der Waals surface area (Å²) in [6, 6.07) is 0. The molecule has 2 nitrogen and oxygen atoms in total. The molecule has 0 saturated heterocycles. The van der Waals surface area contributed by atoms with Gasteiger partial charge in [-0.15, -0.1) is 0 Å². The van der Waals surface area contributed by atoms with Crippen molar-refractivity contribution < 1.29 is 0 Å². The number of thiocarbonyl (C=S) groups is 1. The van der Waals surface area contributed by atoms with Gasteiger partial charge in [0.1, 0.15) is 0 Å². The van der Waals surface area contributed by atoms with E-state index in [1.165, 1.54) is 0 Å². The highest BCUT2D eigenvalue weighted by Gasteiger charge is 2.02. The highest BCUT2D eigenvalue weighted by Crippen LogP contribution is 1.95. The van der Waals surface area contributed by atoms with E-state index in [9.17, 15) is 0 Å². The molecule has 3 heteroatoms. The maximum atomic E-state index is 5.01. The summed E-state index contributed by atoms with van der Waals surface area (Å²) in [6.07, 6.45) is 0. The molecule has 0 atom stereocenters. The van der Waals surface area contributed by atoms with Gasteiger partial charge >= 0.3 is 0 Å². The van der Waals surface area contributed by atoms with Crippen molar-refractivity contribution in [3.63, 3.8) is 0 Å². The Morgan fingerprint density at radius 1 is 1.60 bits per heavy atom. The van der Waals surface area contributed by atoms with Crippen molar-refractivity contribution in [2.75, 3.05) is 20.6 Å². The Morgan fingerprint density at radius 2 is 2.10 bits per heavy atom. The normalized spacial score (nSPS) is 9.70. The molecule has 0 aromatic rings. The van der Waals surface area contributed by atoms with E-state index in [0.29, 0.717) is 5.92 Å². The molecule has 0 bridgehead atoms. The van der Waals surface area contributed by atoms with Crippen molar-refractivity contribution in [1.82, 2.24) is 10.2 Å². The first kappa shape index (κ1) is 9.69. The van der Waals surface area contributed by atoms with E-state index < -0.39 is 0 Å². The van der Waals surface area contributed by atoms with E-state index in [4.69, 9.17) is 12.2 Å². The first-order valence-electron chi connectivity index (χ1n) is 3.50. The van der Waals surface area contributed by atoms with Gasteiger partial charge < -0.3 is 10.2 Å². The summed E-state index contributed by atoms with van der Waals surface area (Å²) >= 11 is 5.01. The van der Waals surface area contributed by atoms with Crippen molar-refractivity contribution in [3.8, 4) is 0 Å². The van der Waals surface area contributed by atoms with Gasteiger partial charge in [0.25, 0.3) is 0 Å². The summed E-state index contributed by atoms with van der Waals surface area (Å²) in [7, 11) is 3.85. The van der Waals surface area contributed by atoms with Crippen LogP contribution in [0, 0.1) is 5.92 Å². The van der Waals surface area contributed by atoms with Crippen molar-refractivity contribution >= 4 is 17.3 Å². The van der Waals surface area contributed by atoms with E-state index in [2.05, 4.69) is 19.2 Å². The zero-order valence-electron chi connectivity index (χ0n) is 7.14. The minimum atomic E-state index is 0.663. The molecule has 1 N–H and O–H groups in total. The van der Waals surface area contributed by atoms with Crippen molar-refractivity contribution in [2.24, 2.45) is 5.92 Å². The Labute approximate surface area is 68.6 Å². The lowest BCUT2D eigenvalue weighted by Crippen LogP contribution is -2.36. The topological polar surface area (TPSA) is 15.3 Å². The van der Waals surface area contributed by atoms with Crippen LogP contribution in [0.5, 0.6) is 0 Å². The molecule has 0 heterocycles. The van der Waals surface area contributed by atoms with Gasteiger partial charge in [-0.05, 0) is 18.1 Å². The maximum absolute atomic E-state index is 5.01. The Hall–Kier alpha value is -0.310. The summed E-state index contributed by atoms with van der Waals surface area (Å²) < 4.78 is 0. The first-order valence-corrected chi connectivity index (χ1v) is 3.91. The average molecular weight is 160 g/mol. The molecule has 10 heavy (non-hydrogen) atoms. The predicted molar refractivity (Wildman–Crippen MR) is 49.1 cm³/mol. The molecule has 0 aliphatic rings. The van der Waals surface area contributed by atoms with Crippen LogP contribution >= 0.6 is 12.2 Å². The van der Waals surface area contributed by atoms with Crippen molar-refractivity contribution in [2.45, 2.75) is 13.8 Å². The zero-order chi connectivity index (χ0) is 8.15. The van der Waals surface area contributed by atoms with Gasteiger partial charge in [0, 0.05) is 20.6 Å². The smallest absolute Gasteiger partial charge is 0.168 e. The summed E-state index contributed by atoms with van der Waals surface area (Å²) in [5, 5.41) is 3.74. The second-order valence-corrected chi connectivity index (χ2v) is 3.22. The lowest BCUT2D eigenvalue weighted by atomic mass is 10.2. The molecule has 0 radical (unpaired) electrons. The molecule has 0 amide bonds. The van der Waals surface area contributed by atoms with Crippen LogP contribution in [0.3, 0.4) is 0 Å². The molecule has 0 aromatic carbocycles. The van der Waals surface area contributed by atoms with Gasteiger partial charge in [-0.2, -0.15) is 0 Å². The molecule has 0 rings (SSSR count). The molecule has 0 saturated carbocycles. The number of hydrogen-bond acceptors (Lipinski definition) is 1. The molecular formula is C7H16N2S. The minimum absolute atomic E-state index is 0.663. The lowest BCUT2D eigenvalue weighted by Gasteiger charge is -2.21. The second kappa shape index (κ2) is 4.50. The highest BCUT2D eigenvalue weighted by molar-refractivity contribution is 7.80. The monoisotopic (exact) mass is 160 g/mol. The Balaban J connectivity index is 3.61. The Bertz CT molecular complexity index is 112. The Morgan fingerprint density at radius 3 is 2.40 bits per heavy atom. The fraction of sp³-hybridized carbons (Fsp3) is 0.857. The zero-order valence-corrected chi connectivity index (χ0v) is 7.96.